The maximum atomic E-state index is 10.5. The molecule has 0 heterocycles. The van der Waals surface area contributed by atoms with Gasteiger partial charge in [0.15, 0.2) is 0 Å². The smallest absolute Gasteiger partial charge is 0.308 e. The average Bonchev–Trinajstić information content (AvgIpc) is 2.40. The molecule has 2 fully saturated rings. The summed E-state index contributed by atoms with van der Waals surface area (Å²) in [5, 5.41) is 17.3. The van der Waals surface area contributed by atoms with Crippen LogP contribution in [-0.2, 0) is 9.59 Å². The van der Waals surface area contributed by atoms with Crippen molar-refractivity contribution in [2.24, 2.45) is 23.3 Å². The van der Waals surface area contributed by atoms with Crippen molar-refractivity contribution in [1.29, 1.82) is 0 Å². The molecular weight excluding hydrogens is 331 g/mol. The Kier molecular flexibility index (Phi) is 12.9. The van der Waals surface area contributed by atoms with Crippen molar-refractivity contribution in [3.05, 3.63) is 0 Å². The highest BCUT2D eigenvalue weighted by molar-refractivity contribution is 5.85. The number of carboxylic acid groups (broad SMARTS) is 2. The number of nitrogens with two attached hydrogens (primary N) is 2. The Labute approximate surface area is 143 Å². The van der Waals surface area contributed by atoms with E-state index in [1.807, 2.05) is 0 Å². The van der Waals surface area contributed by atoms with Crippen molar-refractivity contribution >= 4 is 36.8 Å². The highest BCUT2D eigenvalue weighted by atomic mass is 35.5. The zero-order valence-electron chi connectivity index (χ0n) is 12.6. The molecule has 2 saturated carbocycles. The quantitative estimate of drug-likeness (QED) is 0.597. The molecule has 0 aromatic rings. The first-order chi connectivity index (χ1) is 9.43. The maximum absolute atomic E-state index is 10.5. The summed E-state index contributed by atoms with van der Waals surface area (Å²) in [7, 11) is 0. The van der Waals surface area contributed by atoms with Gasteiger partial charge in [0.05, 0.1) is 11.8 Å². The van der Waals surface area contributed by atoms with Crippen LogP contribution in [0.5, 0.6) is 0 Å². The van der Waals surface area contributed by atoms with Gasteiger partial charge < -0.3 is 21.7 Å². The van der Waals surface area contributed by atoms with E-state index in [9.17, 15) is 9.59 Å². The lowest BCUT2D eigenvalue weighted by Gasteiger charge is -2.24. The maximum Gasteiger partial charge on any atom is 0.308 e. The van der Waals surface area contributed by atoms with Gasteiger partial charge >= 0.3 is 11.9 Å². The summed E-state index contributed by atoms with van der Waals surface area (Å²) in [6.07, 6.45) is 7.48. The number of carbonyl (C=O) groups is 2. The fraction of sp³-hybridized carbons (Fsp3) is 0.857. The second kappa shape index (κ2) is 11.9. The zero-order valence-corrected chi connectivity index (χ0v) is 14.3. The van der Waals surface area contributed by atoms with Crippen LogP contribution in [0.3, 0.4) is 0 Å². The van der Waals surface area contributed by atoms with Gasteiger partial charge in [-0.3, -0.25) is 9.59 Å². The van der Waals surface area contributed by atoms with Gasteiger partial charge in [0.1, 0.15) is 0 Å². The van der Waals surface area contributed by atoms with E-state index in [2.05, 4.69) is 0 Å². The van der Waals surface area contributed by atoms with E-state index in [1.54, 1.807) is 0 Å². The van der Waals surface area contributed by atoms with Crippen LogP contribution in [0.4, 0.5) is 0 Å². The molecule has 2 aliphatic carbocycles. The van der Waals surface area contributed by atoms with Gasteiger partial charge in [-0.15, -0.1) is 24.8 Å². The fourth-order valence-corrected chi connectivity index (χ4v) is 2.93. The third-order valence-corrected chi connectivity index (χ3v) is 4.27. The Morgan fingerprint density at radius 1 is 0.682 bits per heavy atom. The number of rotatable bonds is 2. The predicted octanol–water partition coefficient (Wildman–Crippen LogP) is 2.02. The van der Waals surface area contributed by atoms with Crippen LogP contribution in [0, 0.1) is 11.8 Å². The summed E-state index contributed by atoms with van der Waals surface area (Å²) in [5.74, 6) is -2.03. The molecule has 22 heavy (non-hydrogen) atoms. The van der Waals surface area contributed by atoms with Crippen LogP contribution in [0.15, 0.2) is 0 Å². The standard InChI is InChI=1S/2C7H13NO2.2ClH/c2*8-6-4-2-1-3-5(6)7(9)10;;/h2*5-6H,1-4,8H2,(H,9,10);2*1H/t2*5-,6-;;/m10../s1. The lowest BCUT2D eigenvalue weighted by Crippen LogP contribution is -2.37. The van der Waals surface area contributed by atoms with Crippen LogP contribution in [-0.4, -0.2) is 34.2 Å². The molecule has 6 nitrogen and oxygen atoms in total. The minimum Gasteiger partial charge on any atom is -0.481 e. The number of hydrogen-bond acceptors (Lipinski definition) is 4. The lowest BCUT2D eigenvalue weighted by atomic mass is 9.85. The Morgan fingerprint density at radius 2 is 0.955 bits per heavy atom. The summed E-state index contributed by atoms with van der Waals surface area (Å²) < 4.78 is 0. The topological polar surface area (TPSA) is 127 Å². The number of halogens is 2. The zero-order chi connectivity index (χ0) is 15.1. The fourth-order valence-electron chi connectivity index (χ4n) is 2.93. The predicted molar refractivity (Wildman–Crippen MR) is 89.6 cm³/mol. The summed E-state index contributed by atoms with van der Waals surface area (Å²) in [5.41, 5.74) is 11.2. The van der Waals surface area contributed by atoms with E-state index in [-0.39, 0.29) is 48.7 Å². The van der Waals surface area contributed by atoms with Crippen molar-refractivity contribution in [3.8, 4) is 0 Å². The van der Waals surface area contributed by atoms with Crippen LogP contribution in [0.25, 0.3) is 0 Å². The van der Waals surface area contributed by atoms with E-state index in [0.29, 0.717) is 0 Å². The Morgan fingerprint density at radius 3 is 1.14 bits per heavy atom. The van der Waals surface area contributed by atoms with Crippen molar-refractivity contribution in [2.75, 3.05) is 0 Å². The van der Waals surface area contributed by atoms with Crippen LogP contribution in [0.2, 0.25) is 0 Å². The molecule has 0 aromatic heterocycles. The highest BCUT2D eigenvalue weighted by Gasteiger charge is 2.28. The molecule has 0 amide bonds. The van der Waals surface area contributed by atoms with E-state index in [1.165, 1.54) is 0 Å². The van der Waals surface area contributed by atoms with Gasteiger partial charge in [-0.25, -0.2) is 0 Å². The summed E-state index contributed by atoms with van der Waals surface area (Å²) in [4.78, 5) is 21.0. The van der Waals surface area contributed by atoms with Gasteiger partial charge in [-0.2, -0.15) is 0 Å². The first kappa shape index (κ1) is 23.7. The minimum atomic E-state index is -0.729. The van der Waals surface area contributed by atoms with Gasteiger partial charge in [-0.1, -0.05) is 25.7 Å². The number of carboxylic acids is 2. The highest BCUT2D eigenvalue weighted by Crippen LogP contribution is 2.23. The van der Waals surface area contributed by atoms with E-state index < -0.39 is 11.9 Å². The van der Waals surface area contributed by atoms with Gasteiger partial charge in [0.2, 0.25) is 0 Å². The molecule has 2 aliphatic rings. The van der Waals surface area contributed by atoms with Crippen LogP contribution < -0.4 is 11.5 Å². The number of aliphatic carboxylic acids is 2. The molecule has 0 saturated heterocycles. The second-order valence-corrected chi connectivity index (χ2v) is 5.79. The largest absolute Gasteiger partial charge is 0.481 e. The molecule has 0 aliphatic heterocycles. The molecular formula is C14H28Cl2N2O4. The summed E-state index contributed by atoms with van der Waals surface area (Å²) in [6, 6.07) is -0.211. The number of hydrogen-bond donors (Lipinski definition) is 4. The Bertz CT molecular complexity index is 313. The van der Waals surface area contributed by atoms with E-state index in [0.717, 1.165) is 51.4 Å². The molecule has 132 valence electrons. The summed E-state index contributed by atoms with van der Waals surface area (Å²) >= 11 is 0. The van der Waals surface area contributed by atoms with Crippen LogP contribution in [0.1, 0.15) is 51.4 Å². The van der Waals surface area contributed by atoms with E-state index in [4.69, 9.17) is 21.7 Å². The van der Waals surface area contributed by atoms with Crippen molar-refractivity contribution in [1.82, 2.24) is 0 Å². The normalized spacial score (nSPS) is 30.6. The first-order valence-corrected chi connectivity index (χ1v) is 7.40. The molecule has 0 spiro atoms. The Balaban J connectivity index is 0. The Hall–Kier alpha value is -0.560. The third kappa shape index (κ3) is 7.63. The molecule has 0 bridgehead atoms. The van der Waals surface area contributed by atoms with E-state index >= 15 is 0 Å². The van der Waals surface area contributed by atoms with Gasteiger partial charge in [-0.05, 0) is 25.7 Å². The molecule has 2 rings (SSSR count). The van der Waals surface area contributed by atoms with Crippen molar-refractivity contribution < 1.29 is 19.8 Å². The summed E-state index contributed by atoms with van der Waals surface area (Å²) in [6.45, 7) is 0. The third-order valence-electron chi connectivity index (χ3n) is 4.27. The second-order valence-electron chi connectivity index (χ2n) is 5.79. The average molecular weight is 359 g/mol. The van der Waals surface area contributed by atoms with Crippen LogP contribution >= 0.6 is 24.8 Å². The van der Waals surface area contributed by atoms with Crippen molar-refractivity contribution in [2.45, 2.75) is 63.5 Å². The molecule has 0 radical (unpaired) electrons. The SMILES string of the molecule is Cl.Cl.N[C@@H]1CCCC[C@H]1C(=O)O.N[C@H]1CCCC[C@@H]1C(=O)O. The lowest BCUT2D eigenvalue weighted by molar-refractivity contribution is -0.144. The molecule has 6 N–H and O–H groups in total. The minimum absolute atomic E-state index is 0. The van der Waals surface area contributed by atoms with Crippen molar-refractivity contribution in [3.63, 3.8) is 0 Å². The molecule has 0 unspecified atom stereocenters. The van der Waals surface area contributed by atoms with Gasteiger partial charge in [0, 0.05) is 12.1 Å². The monoisotopic (exact) mass is 358 g/mol. The molecule has 4 atom stereocenters. The van der Waals surface area contributed by atoms with Gasteiger partial charge in [0.25, 0.3) is 0 Å². The molecule has 8 heteroatoms. The molecule has 0 aromatic carbocycles. The first-order valence-electron chi connectivity index (χ1n) is 7.40.